The van der Waals surface area contributed by atoms with Crippen molar-refractivity contribution in [3.63, 3.8) is 0 Å². The number of fused-ring (bicyclic) bond motifs is 1. The predicted molar refractivity (Wildman–Crippen MR) is 108 cm³/mol. The molecule has 0 fully saturated rings. The molecule has 0 aliphatic carbocycles. The topological polar surface area (TPSA) is 61.9 Å². The first-order valence-electron chi connectivity index (χ1n) is 8.88. The van der Waals surface area contributed by atoms with Crippen LogP contribution in [-0.4, -0.2) is 32.8 Å². The summed E-state index contributed by atoms with van der Waals surface area (Å²) in [6, 6.07) is 19.9. The Morgan fingerprint density at radius 1 is 1.04 bits per heavy atom. The summed E-state index contributed by atoms with van der Waals surface area (Å²) in [4.78, 5) is 17.6. The summed E-state index contributed by atoms with van der Waals surface area (Å²) >= 11 is 1.73. The van der Waals surface area contributed by atoms with Crippen LogP contribution in [0.15, 0.2) is 60.7 Å². The van der Waals surface area contributed by atoms with Gasteiger partial charge in [-0.3, -0.25) is 4.79 Å². The molecule has 4 aromatic rings. The van der Waals surface area contributed by atoms with Gasteiger partial charge in [0.2, 0.25) is 0 Å². The second kappa shape index (κ2) is 7.72. The van der Waals surface area contributed by atoms with Gasteiger partial charge in [-0.1, -0.05) is 30.3 Å². The molecule has 2 heterocycles. The van der Waals surface area contributed by atoms with Crippen LogP contribution in [0.1, 0.15) is 25.7 Å². The number of nitrogens with zero attached hydrogens (tertiary/aromatic N) is 3. The number of nitrogens with one attached hydrogen (secondary N) is 1. The van der Waals surface area contributed by atoms with Crippen LogP contribution in [-0.2, 0) is 13.0 Å². The summed E-state index contributed by atoms with van der Waals surface area (Å²) in [6.45, 7) is 3.36. The molecule has 6 heteroatoms. The van der Waals surface area contributed by atoms with Gasteiger partial charge in [-0.05, 0) is 49.2 Å². The first-order chi connectivity index (χ1) is 13.2. The molecule has 4 rings (SSSR count). The fourth-order valence-corrected chi connectivity index (χ4v) is 3.98. The average Bonchev–Trinajstić information content (AvgIpc) is 3.33. The van der Waals surface area contributed by atoms with E-state index in [1.807, 2.05) is 35.2 Å². The highest BCUT2D eigenvalue weighted by Crippen LogP contribution is 2.20. The molecule has 27 heavy (non-hydrogen) atoms. The zero-order valence-electron chi connectivity index (χ0n) is 15.1. The normalized spacial score (nSPS) is 11.0. The first kappa shape index (κ1) is 17.4. The number of H-pyrrole nitrogens is 1. The molecular formula is C21H20N4OS. The fourth-order valence-electron chi connectivity index (χ4n) is 3.08. The van der Waals surface area contributed by atoms with Crippen molar-refractivity contribution in [2.24, 2.45) is 0 Å². The van der Waals surface area contributed by atoms with Gasteiger partial charge < -0.3 is 4.90 Å². The minimum absolute atomic E-state index is 0.0156. The Morgan fingerprint density at radius 2 is 1.85 bits per heavy atom. The predicted octanol–water partition coefficient (Wildman–Crippen LogP) is 4.21. The van der Waals surface area contributed by atoms with Gasteiger partial charge in [0.15, 0.2) is 0 Å². The van der Waals surface area contributed by atoms with Gasteiger partial charge in [0.25, 0.3) is 5.91 Å². The van der Waals surface area contributed by atoms with Crippen LogP contribution in [0, 0.1) is 6.92 Å². The molecule has 2 aromatic heterocycles. The second-order valence-corrected chi connectivity index (χ2v) is 7.87. The SMILES string of the molecule is Cc1ccc(CN(CCc2ccccc2)C(=O)c2ccc3n[nH]nc3c2)s1. The maximum absolute atomic E-state index is 13.2. The summed E-state index contributed by atoms with van der Waals surface area (Å²) in [5.41, 5.74) is 3.33. The lowest BCUT2D eigenvalue weighted by atomic mass is 10.1. The van der Waals surface area contributed by atoms with Crippen molar-refractivity contribution in [2.45, 2.75) is 19.9 Å². The van der Waals surface area contributed by atoms with Crippen LogP contribution in [0.5, 0.6) is 0 Å². The minimum Gasteiger partial charge on any atom is -0.333 e. The Balaban J connectivity index is 1.57. The summed E-state index contributed by atoms with van der Waals surface area (Å²) in [5, 5.41) is 10.7. The third-order valence-electron chi connectivity index (χ3n) is 4.51. The van der Waals surface area contributed by atoms with E-state index in [-0.39, 0.29) is 5.91 Å². The molecule has 0 saturated carbocycles. The largest absolute Gasteiger partial charge is 0.333 e. The molecule has 0 atom stereocenters. The molecule has 2 aromatic carbocycles. The Kier molecular flexibility index (Phi) is 4.98. The number of carbonyl (C=O) groups is 1. The van der Waals surface area contributed by atoms with Gasteiger partial charge in [-0.25, -0.2) is 0 Å². The summed E-state index contributed by atoms with van der Waals surface area (Å²) in [6.07, 6.45) is 0.823. The molecule has 5 nitrogen and oxygen atoms in total. The number of hydrogen-bond acceptors (Lipinski definition) is 4. The van der Waals surface area contributed by atoms with E-state index >= 15 is 0 Å². The highest BCUT2D eigenvalue weighted by atomic mass is 32.1. The average molecular weight is 376 g/mol. The molecule has 0 unspecified atom stereocenters. The second-order valence-electron chi connectivity index (χ2n) is 6.50. The maximum atomic E-state index is 13.2. The van der Waals surface area contributed by atoms with Gasteiger partial charge in [-0.15, -0.1) is 11.3 Å². The van der Waals surface area contributed by atoms with E-state index in [9.17, 15) is 4.79 Å². The van der Waals surface area contributed by atoms with E-state index in [0.29, 0.717) is 24.2 Å². The smallest absolute Gasteiger partial charge is 0.254 e. The van der Waals surface area contributed by atoms with Crippen LogP contribution in [0.3, 0.4) is 0 Å². The molecule has 1 N–H and O–H groups in total. The van der Waals surface area contributed by atoms with Crippen molar-refractivity contribution in [1.29, 1.82) is 0 Å². The van der Waals surface area contributed by atoms with Crippen LogP contribution in [0.4, 0.5) is 0 Å². The molecule has 1 amide bonds. The lowest BCUT2D eigenvalue weighted by Gasteiger charge is -2.22. The Morgan fingerprint density at radius 3 is 2.63 bits per heavy atom. The number of aromatic nitrogens is 3. The molecule has 0 bridgehead atoms. The summed E-state index contributed by atoms with van der Waals surface area (Å²) in [7, 11) is 0. The number of benzene rings is 2. The van der Waals surface area contributed by atoms with Crippen LogP contribution >= 0.6 is 11.3 Å². The van der Waals surface area contributed by atoms with Crippen molar-refractivity contribution in [3.05, 3.63) is 81.5 Å². The molecule has 0 aliphatic heterocycles. The van der Waals surface area contributed by atoms with E-state index in [1.165, 1.54) is 15.3 Å². The lowest BCUT2D eigenvalue weighted by Crippen LogP contribution is -2.32. The zero-order chi connectivity index (χ0) is 18.6. The minimum atomic E-state index is 0.0156. The highest BCUT2D eigenvalue weighted by molar-refractivity contribution is 7.11. The zero-order valence-corrected chi connectivity index (χ0v) is 15.9. The van der Waals surface area contributed by atoms with E-state index in [2.05, 4.69) is 46.6 Å². The number of rotatable bonds is 6. The van der Waals surface area contributed by atoms with Crippen LogP contribution in [0.25, 0.3) is 11.0 Å². The quantitative estimate of drug-likeness (QED) is 0.548. The summed E-state index contributed by atoms with van der Waals surface area (Å²) in [5.74, 6) is 0.0156. The number of aromatic amines is 1. The van der Waals surface area contributed by atoms with Crippen molar-refractivity contribution in [1.82, 2.24) is 20.3 Å². The van der Waals surface area contributed by atoms with E-state index in [0.717, 1.165) is 11.9 Å². The number of amides is 1. The van der Waals surface area contributed by atoms with Gasteiger partial charge >= 0.3 is 0 Å². The number of aryl methyl sites for hydroxylation is 1. The van der Waals surface area contributed by atoms with Crippen molar-refractivity contribution in [2.75, 3.05) is 6.54 Å². The standard InChI is InChI=1S/C21H20N4OS/c1-15-7-9-18(27-15)14-25(12-11-16-5-3-2-4-6-16)21(26)17-8-10-19-20(13-17)23-24-22-19/h2-10,13H,11-12,14H2,1H3,(H,22,23,24). The number of carbonyl (C=O) groups excluding carboxylic acids is 1. The van der Waals surface area contributed by atoms with Crippen molar-refractivity contribution >= 4 is 28.3 Å². The third-order valence-corrected chi connectivity index (χ3v) is 5.49. The monoisotopic (exact) mass is 376 g/mol. The van der Waals surface area contributed by atoms with Gasteiger partial charge in [-0.2, -0.15) is 15.4 Å². The highest BCUT2D eigenvalue weighted by Gasteiger charge is 2.18. The van der Waals surface area contributed by atoms with Crippen LogP contribution in [0.2, 0.25) is 0 Å². The van der Waals surface area contributed by atoms with Crippen molar-refractivity contribution in [3.8, 4) is 0 Å². The van der Waals surface area contributed by atoms with Crippen LogP contribution < -0.4 is 0 Å². The number of thiophene rings is 1. The van der Waals surface area contributed by atoms with Gasteiger partial charge in [0.05, 0.1) is 6.54 Å². The Labute approximate surface area is 161 Å². The van der Waals surface area contributed by atoms with Gasteiger partial charge in [0.1, 0.15) is 11.0 Å². The lowest BCUT2D eigenvalue weighted by molar-refractivity contribution is 0.0747. The molecular weight excluding hydrogens is 356 g/mol. The molecule has 0 spiro atoms. The van der Waals surface area contributed by atoms with E-state index in [1.54, 1.807) is 17.4 Å². The van der Waals surface area contributed by atoms with Crippen molar-refractivity contribution < 1.29 is 4.79 Å². The Bertz CT molecular complexity index is 1050. The summed E-state index contributed by atoms with van der Waals surface area (Å²) < 4.78 is 0. The molecule has 136 valence electrons. The molecule has 0 saturated heterocycles. The first-order valence-corrected chi connectivity index (χ1v) is 9.70. The third kappa shape index (κ3) is 4.06. The fraction of sp³-hybridized carbons (Fsp3) is 0.190. The molecule has 0 radical (unpaired) electrons. The maximum Gasteiger partial charge on any atom is 0.254 e. The number of hydrogen-bond donors (Lipinski definition) is 1. The molecule has 0 aliphatic rings. The van der Waals surface area contributed by atoms with E-state index in [4.69, 9.17) is 0 Å². The van der Waals surface area contributed by atoms with E-state index < -0.39 is 0 Å². The van der Waals surface area contributed by atoms with Gasteiger partial charge in [0, 0.05) is 21.9 Å². The Hall–Kier alpha value is -2.99.